The summed E-state index contributed by atoms with van der Waals surface area (Å²) in [7, 11) is 0. The molecule has 142 valence electrons. The molecule has 3 rings (SSSR count). The Morgan fingerprint density at radius 1 is 1.04 bits per heavy atom. The number of hydrogen-bond donors (Lipinski definition) is 0. The van der Waals surface area contributed by atoms with Crippen molar-refractivity contribution in [2.75, 3.05) is 20.0 Å². The summed E-state index contributed by atoms with van der Waals surface area (Å²) in [5.74, 6) is -0.696. The average molecular weight is 362 g/mol. The molecule has 0 saturated heterocycles. The van der Waals surface area contributed by atoms with Crippen LogP contribution in [-0.2, 0) is 25.5 Å². The Hall–Kier alpha value is -2.24. The van der Waals surface area contributed by atoms with Crippen LogP contribution in [0.2, 0.25) is 0 Å². The lowest BCUT2D eigenvalue weighted by atomic mass is 9.69. The monoisotopic (exact) mass is 362 g/mol. The van der Waals surface area contributed by atoms with Crippen LogP contribution in [-0.4, -0.2) is 31.9 Å². The molecule has 26 heavy (non-hydrogen) atoms. The summed E-state index contributed by atoms with van der Waals surface area (Å²) >= 11 is 0. The van der Waals surface area contributed by atoms with Crippen LogP contribution in [0.3, 0.4) is 0 Å². The van der Waals surface area contributed by atoms with Crippen LogP contribution < -0.4 is 9.47 Å². The van der Waals surface area contributed by atoms with Gasteiger partial charge < -0.3 is 18.9 Å². The molecule has 0 bridgehead atoms. The van der Waals surface area contributed by atoms with E-state index in [1.165, 1.54) is 0 Å². The van der Waals surface area contributed by atoms with Crippen LogP contribution in [0.5, 0.6) is 11.5 Å². The van der Waals surface area contributed by atoms with Gasteiger partial charge in [0.1, 0.15) is 0 Å². The minimum absolute atomic E-state index is 0.0357. The first-order chi connectivity index (χ1) is 12.6. The maximum absolute atomic E-state index is 12.9. The first-order valence-corrected chi connectivity index (χ1v) is 9.32. The largest absolute Gasteiger partial charge is 0.465 e. The van der Waals surface area contributed by atoms with Gasteiger partial charge in [-0.1, -0.05) is 20.8 Å². The summed E-state index contributed by atoms with van der Waals surface area (Å²) in [6.07, 6.45) is 2.15. The number of ether oxygens (including phenoxy) is 4. The summed E-state index contributed by atoms with van der Waals surface area (Å²) in [5, 5.41) is 0. The van der Waals surface area contributed by atoms with E-state index in [1.807, 2.05) is 32.9 Å². The molecule has 0 amide bonds. The van der Waals surface area contributed by atoms with Crippen molar-refractivity contribution in [3.63, 3.8) is 0 Å². The Bertz CT molecular complexity index is 683. The number of hydrogen-bond acceptors (Lipinski definition) is 6. The molecule has 0 saturated carbocycles. The van der Waals surface area contributed by atoms with Crippen LogP contribution in [0.15, 0.2) is 12.1 Å². The van der Waals surface area contributed by atoms with Gasteiger partial charge >= 0.3 is 11.9 Å². The highest BCUT2D eigenvalue weighted by molar-refractivity contribution is 5.88. The lowest BCUT2D eigenvalue weighted by Crippen LogP contribution is -2.39. The Balaban J connectivity index is 1.99. The van der Waals surface area contributed by atoms with Gasteiger partial charge in [0.05, 0.1) is 25.0 Å². The summed E-state index contributed by atoms with van der Waals surface area (Å²) in [5.41, 5.74) is 1.78. The van der Waals surface area contributed by atoms with E-state index in [1.54, 1.807) is 0 Å². The van der Waals surface area contributed by atoms with Gasteiger partial charge in [0.25, 0.3) is 0 Å². The zero-order valence-electron chi connectivity index (χ0n) is 15.6. The van der Waals surface area contributed by atoms with Crippen molar-refractivity contribution in [1.29, 1.82) is 0 Å². The normalized spacial score (nSPS) is 23.3. The lowest BCUT2D eigenvalue weighted by molar-refractivity contribution is -0.160. The third-order valence-electron chi connectivity index (χ3n) is 4.91. The van der Waals surface area contributed by atoms with E-state index in [0.717, 1.165) is 24.0 Å². The summed E-state index contributed by atoms with van der Waals surface area (Å²) in [4.78, 5) is 25.6. The fourth-order valence-corrected chi connectivity index (χ4v) is 3.70. The smallest absolute Gasteiger partial charge is 0.314 e. The number of esters is 2. The molecular weight excluding hydrogens is 336 g/mol. The Labute approximate surface area is 153 Å². The molecule has 1 aromatic carbocycles. The predicted octanol–water partition coefficient (Wildman–Crippen LogP) is 3.21. The molecule has 0 unspecified atom stereocenters. The number of benzene rings is 1. The fraction of sp³-hybridized carbons (Fsp3) is 0.600. The first kappa shape index (κ1) is 18.5. The van der Waals surface area contributed by atoms with E-state index in [4.69, 9.17) is 18.9 Å². The zero-order valence-corrected chi connectivity index (χ0v) is 15.6. The molecule has 1 aliphatic carbocycles. The number of rotatable bonds is 6. The van der Waals surface area contributed by atoms with E-state index < -0.39 is 11.8 Å². The van der Waals surface area contributed by atoms with Crippen LogP contribution in [0.1, 0.15) is 50.7 Å². The first-order valence-electron chi connectivity index (χ1n) is 9.32. The van der Waals surface area contributed by atoms with Crippen molar-refractivity contribution in [2.24, 2.45) is 11.8 Å². The second kappa shape index (κ2) is 7.98. The molecule has 6 nitrogen and oxygen atoms in total. The summed E-state index contributed by atoms with van der Waals surface area (Å²) in [6.45, 7) is 6.72. The molecule has 6 heteroatoms. The van der Waals surface area contributed by atoms with Gasteiger partial charge in [-0.25, -0.2) is 0 Å². The van der Waals surface area contributed by atoms with Crippen molar-refractivity contribution in [1.82, 2.24) is 0 Å². The molecule has 1 aromatic rings. The van der Waals surface area contributed by atoms with Gasteiger partial charge in [-0.3, -0.25) is 9.59 Å². The quantitative estimate of drug-likeness (QED) is 0.724. The molecule has 1 aliphatic heterocycles. The molecule has 0 spiro atoms. The maximum Gasteiger partial charge on any atom is 0.314 e. The fourth-order valence-electron chi connectivity index (χ4n) is 3.70. The SMILES string of the molecule is CCCOC(=O)[C@H]1[C@H](C)Cc2cc3c(cc2[C@H]1C(=O)OCCC)OCO3. The van der Waals surface area contributed by atoms with Gasteiger partial charge in [-0.05, 0) is 48.4 Å². The highest BCUT2D eigenvalue weighted by Gasteiger charge is 2.45. The maximum atomic E-state index is 12.9. The number of fused-ring (bicyclic) bond motifs is 2. The third kappa shape index (κ3) is 3.50. The molecule has 1 heterocycles. The molecule has 3 atom stereocenters. The van der Waals surface area contributed by atoms with Crippen molar-refractivity contribution >= 4 is 11.9 Å². The van der Waals surface area contributed by atoms with Crippen LogP contribution in [0.25, 0.3) is 0 Å². The summed E-state index contributed by atoms with van der Waals surface area (Å²) < 4.78 is 21.7. The molecule has 0 fully saturated rings. The highest BCUT2D eigenvalue weighted by atomic mass is 16.7. The van der Waals surface area contributed by atoms with Gasteiger partial charge in [-0.2, -0.15) is 0 Å². The standard InChI is InChI=1S/C20H26O6/c1-4-6-23-19(21)17-12(3)8-13-9-15-16(26-11-25-15)10-14(13)18(17)20(22)24-7-5-2/h9-10,12,17-18H,4-8,11H2,1-3H3/t12-,17+,18-/m1/s1. The molecule has 0 aromatic heterocycles. The minimum atomic E-state index is -0.681. The van der Waals surface area contributed by atoms with Crippen LogP contribution in [0, 0.1) is 11.8 Å². The van der Waals surface area contributed by atoms with Crippen LogP contribution in [0.4, 0.5) is 0 Å². The van der Waals surface area contributed by atoms with E-state index >= 15 is 0 Å². The topological polar surface area (TPSA) is 71.1 Å². The number of carbonyl (C=O) groups is 2. The Morgan fingerprint density at radius 3 is 2.31 bits per heavy atom. The zero-order chi connectivity index (χ0) is 18.7. The highest BCUT2D eigenvalue weighted by Crippen LogP contribution is 2.46. The van der Waals surface area contributed by atoms with Crippen molar-refractivity contribution in [2.45, 2.75) is 46.0 Å². The van der Waals surface area contributed by atoms with Gasteiger partial charge in [0.15, 0.2) is 11.5 Å². The molecular formula is C20H26O6. The Kier molecular flexibility index (Phi) is 5.69. The lowest BCUT2D eigenvalue weighted by Gasteiger charge is -2.35. The van der Waals surface area contributed by atoms with Gasteiger partial charge in [0.2, 0.25) is 6.79 Å². The average Bonchev–Trinajstić information content (AvgIpc) is 3.08. The second-order valence-corrected chi connectivity index (χ2v) is 6.92. The van der Waals surface area contributed by atoms with Gasteiger partial charge in [-0.15, -0.1) is 0 Å². The van der Waals surface area contributed by atoms with Crippen molar-refractivity contribution < 1.29 is 28.5 Å². The third-order valence-corrected chi connectivity index (χ3v) is 4.91. The van der Waals surface area contributed by atoms with E-state index in [0.29, 0.717) is 31.1 Å². The van der Waals surface area contributed by atoms with E-state index in [-0.39, 0.29) is 24.6 Å². The second-order valence-electron chi connectivity index (χ2n) is 6.92. The van der Waals surface area contributed by atoms with E-state index in [2.05, 4.69) is 0 Å². The minimum Gasteiger partial charge on any atom is -0.465 e. The van der Waals surface area contributed by atoms with Gasteiger partial charge in [0, 0.05) is 0 Å². The molecule has 0 N–H and O–H groups in total. The van der Waals surface area contributed by atoms with Crippen molar-refractivity contribution in [3.05, 3.63) is 23.3 Å². The predicted molar refractivity (Wildman–Crippen MR) is 94.2 cm³/mol. The molecule has 2 aliphatic rings. The Morgan fingerprint density at radius 2 is 1.65 bits per heavy atom. The van der Waals surface area contributed by atoms with Crippen LogP contribution >= 0.6 is 0 Å². The number of carbonyl (C=O) groups excluding carboxylic acids is 2. The molecule has 0 radical (unpaired) electrons. The van der Waals surface area contributed by atoms with E-state index in [9.17, 15) is 9.59 Å². The summed E-state index contributed by atoms with van der Waals surface area (Å²) in [6, 6.07) is 3.74. The van der Waals surface area contributed by atoms with Crippen molar-refractivity contribution in [3.8, 4) is 11.5 Å².